The number of anilines is 1. The number of benzene rings is 1. The molecule has 0 saturated heterocycles. The molecule has 0 fully saturated rings. The first-order valence-electron chi connectivity index (χ1n) is 5.34. The number of nitrogens with zero attached hydrogens (tertiary/aromatic N) is 2. The van der Waals surface area contributed by atoms with Gasteiger partial charge in [0.2, 0.25) is 0 Å². The normalized spacial score (nSPS) is 10.2. The molecule has 1 heterocycles. The van der Waals surface area contributed by atoms with Crippen molar-refractivity contribution < 1.29 is 4.92 Å². The maximum atomic E-state index is 10.9. The predicted octanol–water partition coefficient (Wildman–Crippen LogP) is 4.02. The second-order valence-corrected chi connectivity index (χ2v) is 5.05. The summed E-state index contributed by atoms with van der Waals surface area (Å²) in [7, 11) is 0. The van der Waals surface area contributed by atoms with Gasteiger partial charge in [0.05, 0.1) is 4.92 Å². The largest absolute Gasteiger partial charge is 0.381 e. The van der Waals surface area contributed by atoms with Crippen LogP contribution in [-0.4, -0.2) is 9.91 Å². The number of nitrogens with one attached hydrogen (secondary N) is 1. The maximum absolute atomic E-state index is 10.9. The summed E-state index contributed by atoms with van der Waals surface area (Å²) in [6.45, 7) is 0.329. The summed E-state index contributed by atoms with van der Waals surface area (Å²) in [6, 6.07) is 8.24. The lowest BCUT2D eigenvalue weighted by Gasteiger charge is -2.07. The van der Waals surface area contributed by atoms with Crippen LogP contribution in [0.3, 0.4) is 0 Å². The number of halogens is 2. The smallest absolute Gasteiger partial charge is 0.274 e. The standard InChI is InChI=1S/C12H9BrClN3O2/c13-9-1-2-11(17(18)19)8(5-9)7-16-10-3-4-15-12(14)6-10/h1-6H,7H2,(H,15,16). The van der Waals surface area contributed by atoms with Crippen molar-refractivity contribution in [2.45, 2.75) is 6.54 Å². The highest BCUT2D eigenvalue weighted by Gasteiger charge is 2.13. The Hall–Kier alpha value is -1.66. The maximum Gasteiger partial charge on any atom is 0.274 e. The zero-order chi connectivity index (χ0) is 13.8. The lowest BCUT2D eigenvalue weighted by atomic mass is 10.2. The summed E-state index contributed by atoms with van der Waals surface area (Å²) in [5, 5.41) is 14.4. The Kier molecular flexibility index (Phi) is 4.34. The Bertz CT molecular complexity index is 622. The molecular weight excluding hydrogens is 334 g/mol. The van der Waals surface area contributed by atoms with Crippen LogP contribution in [0.5, 0.6) is 0 Å². The summed E-state index contributed by atoms with van der Waals surface area (Å²) in [5.74, 6) is 0. The van der Waals surface area contributed by atoms with Gasteiger partial charge in [-0.1, -0.05) is 27.5 Å². The van der Waals surface area contributed by atoms with E-state index in [9.17, 15) is 10.1 Å². The van der Waals surface area contributed by atoms with Crippen molar-refractivity contribution in [3.63, 3.8) is 0 Å². The minimum atomic E-state index is -0.400. The van der Waals surface area contributed by atoms with Crippen molar-refractivity contribution in [3.05, 3.63) is 61.8 Å². The molecule has 0 aliphatic rings. The third-order valence-electron chi connectivity index (χ3n) is 2.45. The fraction of sp³-hybridized carbons (Fsp3) is 0.0833. The second-order valence-electron chi connectivity index (χ2n) is 3.75. The molecule has 0 unspecified atom stereocenters. The van der Waals surface area contributed by atoms with E-state index in [1.54, 1.807) is 30.5 Å². The van der Waals surface area contributed by atoms with Gasteiger partial charge < -0.3 is 5.32 Å². The zero-order valence-corrected chi connectivity index (χ0v) is 12.0. The summed E-state index contributed by atoms with van der Waals surface area (Å²) in [5.41, 5.74) is 1.43. The van der Waals surface area contributed by atoms with E-state index in [0.29, 0.717) is 17.3 Å². The Morgan fingerprint density at radius 1 is 1.37 bits per heavy atom. The molecule has 2 rings (SSSR count). The van der Waals surface area contributed by atoms with Crippen LogP contribution in [0.4, 0.5) is 11.4 Å². The Balaban J connectivity index is 2.19. The fourth-order valence-corrected chi connectivity index (χ4v) is 2.17. The highest BCUT2D eigenvalue weighted by Crippen LogP contribution is 2.24. The number of aromatic nitrogens is 1. The van der Waals surface area contributed by atoms with E-state index >= 15 is 0 Å². The lowest BCUT2D eigenvalue weighted by molar-refractivity contribution is -0.385. The zero-order valence-electron chi connectivity index (χ0n) is 9.64. The van der Waals surface area contributed by atoms with Crippen LogP contribution in [0.1, 0.15) is 5.56 Å². The van der Waals surface area contributed by atoms with Crippen LogP contribution in [0.2, 0.25) is 5.15 Å². The Labute approximate surface area is 122 Å². The number of nitro groups is 1. The molecule has 0 aliphatic carbocycles. The summed E-state index contributed by atoms with van der Waals surface area (Å²) >= 11 is 9.07. The third kappa shape index (κ3) is 3.65. The van der Waals surface area contributed by atoms with E-state index in [1.807, 2.05) is 0 Å². The van der Waals surface area contributed by atoms with Gasteiger partial charge in [0.1, 0.15) is 5.15 Å². The third-order valence-corrected chi connectivity index (χ3v) is 3.15. The van der Waals surface area contributed by atoms with Crippen LogP contribution in [0, 0.1) is 10.1 Å². The second kappa shape index (κ2) is 5.99. The highest BCUT2D eigenvalue weighted by molar-refractivity contribution is 9.10. The van der Waals surface area contributed by atoms with E-state index in [-0.39, 0.29) is 5.69 Å². The molecule has 5 nitrogen and oxygen atoms in total. The molecule has 1 aromatic heterocycles. The van der Waals surface area contributed by atoms with Gasteiger partial charge in [-0.2, -0.15) is 0 Å². The number of rotatable bonds is 4. The summed E-state index contributed by atoms with van der Waals surface area (Å²) < 4.78 is 0.794. The van der Waals surface area contributed by atoms with Crippen molar-refractivity contribution in [3.8, 4) is 0 Å². The quantitative estimate of drug-likeness (QED) is 0.518. The fourth-order valence-electron chi connectivity index (χ4n) is 1.58. The molecule has 1 N–H and O–H groups in total. The van der Waals surface area contributed by atoms with Gasteiger partial charge in [0, 0.05) is 34.5 Å². The average Bonchev–Trinajstić information content (AvgIpc) is 2.36. The van der Waals surface area contributed by atoms with Gasteiger partial charge in [-0.3, -0.25) is 10.1 Å². The van der Waals surface area contributed by atoms with Crippen molar-refractivity contribution >= 4 is 38.9 Å². The van der Waals surface area contributed by atoms with Crippen molar-refractivity contribution in [2.75, 3.05) is 5.32 Å². The molecule has 0 amide bonds. The van der Waals surface area contributed by atoms with Crippen molar-refractivity contribution in [2.24, 2.45) is 0 Å². The molecule has 0 saturated carbocycles. The molecule has 0 spiro atoms. The first-order chi connectivity index (χ1) is 9.06. The number of hydrogen-bond acceptors (Lipinski definition) is 4. The number of hydrogen-bond donors (Lipinski definition) is 1. The molecule has 19 heavy (non-hydrogen) atoms. The highest BCUT2D eigenvalue weighted by atomic mass is 79.9. The van der Waals surface area contributed by atoms with Gasteiger partial charge in [0.15, 0.2) is 0 Å². The topological polar surface area (TPSA) is 68.1 Å². The molecule has 7 heteroatoms. The predicted molar refractivity (Wildman–Crippen MR) is 77.4 cm³/mol. The Morgan fingerprint density at radius 3 is 2.84 bits per heavy atom. The van der Waals surface area contributed by atoms with Gasteiger partial charge in [-0.25, -0.2) is 4.98 Å². The van der Waals surface area contributed by atoms with Crippen LogP contribution in [-0.2, 0) is 6.54 Å². The van der Waals surface area contributed by atoms with Crippen LogP contribution >= 0.6 is 27.5 Å². The molecule has 0 bridgehead atoms. The first kappa shape index (κ1) is 13.8. The van der Waals surface area contributed by atoms with E-state index in [2.05, 4.69) is 26.2 Å². The summed E-state index contributed by atoms with van der Waals surface area (Å²) in [6.07, 6.45) is 1.57. The van der Waals surface area contributed by atoms with Gasteiger partial charge in [-0.05, 0) is 24.3 Å². The van der Waals surface area contributed by atoms with Gasteiger partial charge >= 0.3 is 0 Å². The SMILES string of the molecule is O=[N+]([O-])c1ccc(Br)cc1CNc1ccnc(Cl)c1. The molecule has 2 aromatic rings. The minimum Gasteiger partial charge on any atom is -0.381 e. The molecule has 0 radical (unpaired) electrons. The van der Waals surface area contributed by atoms with Gasteiger partial charge in [0.25, 0.3) is 5.69 Å². The average molecular weight is 343 g/mol. The number of pyridine rings is 1. The Morgan fingerprint density at radius 2 is 2.16 bits per heavy atom. The molecule has 98 valence electrons. The van der Waals surface area contributed by atoms with Gasteiger partial charge in [-0.15, -0.1) is 0 Å². The first-order valence-corrected chi connectivity index (χ1v) is 6.51. The number of nitro benzene ring substituents is 1. The van der Waals surface area contributed by atoms with Crippen molar-refractivity contribution in [1.82, 2.24) is 4.98 Å². The lowest BCUT2D eigenvalue weighted by Crippen LogP contribution is -2.03. The van der Waals surface area contributed by atoms with E-state index in [1.165, 1.54) is 6.07 Å². The molecule has 0 aliphatic heterocycles. The van der Waals surface area contributed by atoms with Crippen LogP contribution in [0.25, 0.3) is 0 Å². The van der Waals surface area contributed by atoms with Crippen LogP contribution < -0.4 is 5.32 Å². The van der Waals surface area contributed by atoms with E-state index in [4.69, 9.17) is 11.6 Å². The monoisotopic (exact) mass is 341 g/mol. The molecular formula is C12H9BrClN3O2. The minimum absolute atomic E-state index is 0.0795. The van der Waals surface area contributed by atoms with E-state index in [0.717, 1.165) is 10.2 Å². The molecule has 1 aromatic carbocycles. The van der Waals surface area contributed by atoms with E-state index < -0.39 is 4.92 Å². The van der Waals surface area contributed by atoms with Crippen molar-refractivity contribution in [1.29, 1.82) is 0 Å². The van der Waals surface area contributed by atoms with Crippen LogP contribution in [0.15, 0.2) is 41.0 Å². The summed E-state index contributed by atoms with van der Waals surface area (Å²) in [4.78, 5) is 14.4. The molecule has 0 atom stereocenters.